The fourth-order valence-electron chi connectivity index (χ4n) is 1.75. The van der Waals surface area contributed by atoms with Crippen LogP contribution in [0.2, 0.25) is 0 Å². The van der Waals surface area contributed by atoms with E-state index in [0.29, 0.717) is 0 Å². The first-order chi connectivity index (χ1) is 9.27. The first kappa shape index (κ1) is 16.8. The van der Waals surface area contributed by atoms with Crippen molar-refractivity contribution in [3.05, 3.63) is 23.8 Å². The van der Waals surface area contributed by atoms with Gasteiger partial charge in [-0.15, -0.1) is 0 Å². The minimum absolute atomic E-state index is 0.795. The second-order valence-electron chi connectivity index (χ2n) is 4.54. The van der Waals surface area contributed by atoms with Gasteiger partial charge in [0.05, 0.1) is 6.61 Å². The topological polar surface area (TPSA) is 21.3 Å². The van der Waals surface area contributed by atoms with Crippen LogP contribution in [0.5, 0.6) is 5.75 Å². The van der Waals surface area contributed by atoms with Crippen LogP contribution in [0, 0.1) is 6.92 Å². The molecule has 0 aliphatic carbocycles. The molecular weight excluding hydrogens is 370 g/mol. The Hall–Kier alpha value is -0.220. The Labute approximate surface area is 133 Å². The van der Waals surface area contributed by atoms with Gasteiger partial charge in [0.15, 0.2) is 0 Å². The number of benzene rings is 1. The maximum Gasteiger partial charge on any atom is 0.119 e. The van der Waals surface area contributed by atoms with Gasteiger partial charge < -0.3 is 10.1 Å². The van der Waals surface area contributed by atoms with Gasteiger partial charge in [0.25, 0.3) is 0 Å². The molecule has 108 valence electrons. The van der Waals surface area contributed by atoms with Crippen molar-refractivity contribution < 1.29 is 4.74 Å². The summed E-state index contributed by atoms with van der Waals surface area (Å²) in [6.45, 7) is 3.94. The molecule has 0 saturated carbocycles. The summed E-state index contributed by atoms with van der Waals surface area (Å²) in [5.74, 6) is 0.970. The number of aryl methyl sites for hydroxylation is 1. The molecule has 1 aromatic carbocycles. The van der Waals surface area contributed by atoms with E-state index in [4.69, 9.17) is 4.74 Å². The molecule has 1 aromatic rings. The van der Waals surface area contributed by atoms with Crippen molar-refractivity contribution in [2.75, 3.05) is 29.1 Å². The maximum atomic E-state index is 5.73. The Balaban J connectivity index is 2.36. The number of alkyl halides is 2. The van der Waals surface area contributed by atoms with Crippen molar-refractivity contribution in [3.8, 4) is 5.75 Å². The molecule has 4 heteroatoms. The van der Waals surface area contributed by atoms with Gasteiger partial charge in [-0.3, -0.25) is 0 Å². The van der Waals surface area contributed by atoms with Crippen molar-refractivity contribution in [1.29, 1.82) is 0 Å². The number of nitrogens with one attached hydrogen (secondary N) is 1. The minimum Gasteiger partial charge on any atom is -0.494 e. The lowest BCUT2D eigenvalue weighted by Crippen LogP contribution is -2.04. The molecule has 0 saturated heterocycles. The molecule has 0 atom stereocenters. The van der Waals surface area contributed by atoms with E-state index in [1.165, 1.54) is 24.1 Å². The zero-order valence-electron chi connectivity index (χ0n) is 11.6. The van der Waals surface area contributed by atoms with Gasteiger partial charge in [-0.2, -0.15) is 0 Å². The summed E-state index contributed by atoms with van der Waals surface area (Å²) >= 11 is 6.87. The van der Waals surface area contributed by atoms with Crippen LogP contribution in [0.1, 0.15) is 31.2 Å². The van der Waals surface area contributed by atoms with E-state index < -0.39 is 0 Å². The Kier molecular flexibility index (Phi) is 9.35. The third kappa shape index (κ3) is 7.21. The third-order valence-corrected chi connectivity index (χ3v) is 3.99. The van der Waals surface area contributed by atoms with Crippen LogP contribution in [0.15, 0.2) is 18.2 Å². The molecule has 0 spiro atoms. The van der Waals surface area contributed by atoms with E-state index in [1.54, 1.807) is 0 Å². The fourth-order valence-corrected chi connectivity index (χ4v) is 2.55. The van der Waals surface area contributed by atoms with Gasteiger partial charge in [0.1, 0.15) is 5.75 Å². The predicted molar refractivity (Wildman–Crippen MR) is 91.2 cm³/mol. The molecule has 2 nitrogen and oxygen atoms in total. The van der Waals surface area contributed by atoms with Crippen molar-refractivity contribution >= 4 is 37.5 Å². The second-order valence-corrected chi connectivity index (χ2v) is 6.13. The number of hydrogen-bond donors (Lipinski definition) is 1. The summed E-state index contributed by atoms with van der Waals surface area (Å²) in [5, 5.41) is 5.60. The molecule has 0 unspecified atom stereocenters. The monoisotopic (exact) mass is 391 g/mol. The van der Waals surface area contributed by atoms with E-state index >= 15 is 0 Å². The van der Waals surface area contributed by atoms with Crippen LogP contribution in [0.3, 0.4) is 0 Å². The van der Waals surface area contributed by atoms with Crippen LogP contribution >= 0.6 is 31.9 Å². The molecule has 0 bridgehead atoms. The van der Waals surface area contributed by atoms with Gasteiger partial charge in [0.2, 0.25) is 0 Å². The molecule has 0 aliphatic heterocycles. The van der Waals surface area contributed by atoms with Gasteiger partial charge in [0, 0.05) is 22.9 Å². The van der Waals surface area contributed by atoms with Gasteiger partial charge >= 0.3 is 0 Å². The van der Waals surface area contributed by atoms with E-state index in [0.717, 1.165) is 42.4 Å². The number of halogens is 2. The van der Waals surface area contributed by atoms with Crippen LogP contribution < -0.4 is 10.1 Å². The summed E-state index contributed by atoms with van der Waals surface area (Å²) in [6, 6.07) is 6.28. The average Bonchev–Trinajstić information content (AvgIpc) is 2.42. The van der Waals surface area contributed by atoms with Crippen molar-refractivity contribution in [1.82, 2.24) is 0 Å². The molecule has 0 aromatic heterocycles. The molecule has 0 fully saturated rings. The van der Waals surface area contributed by atoms with Gasteiger partial charge in [-0.1, -0.05) is 31.9 Å². The van der Waals surface area contributed by atoms with E-state index in [2.05, 4.69) is 56.2 Å². The summed E-state index contributed by atoms with van der Waals surface area (Å²) < 4.78 is 5.73. The number of rotatable bonds is 10. The molecule has 1 N–H and O–H groups in total. The molecular formula is C15H23Br2NO. The summed E-state index contributed by atoms with van der Waals surface area (Å²) in [5.41, 5.74) is 2.46. The quantitative estimate of drug-likeness (QED) is 0.439. The van der Waals surface area contributed by atoms with Crippen LogP contribution in [-0.2, 0) is 0 Å². The van der Waals surface area contributed by atoms with E-state index in [-0.39, 0.29) is 0 Å². The SMILES string of the molecule is Cc1cc(OCCCCBr)ccc1NCCCCBr. The molecule has 19 heavy (non-hydrogen) atoms. The highest BCUT2D eigenvalue weighted by Gasteiger charge is 2.00. The number of hydrogen-bond acceptors (Lipinski definition) is 2. The summed E-state index contributed by atoms with van der Waals surface area (Å²) in [6.07, 6.45) is 4.65. The third-order valence-electron chi connectivity index (χ3n) is 2.87. The van der Waals surface area contributed by atoms with Gasteiger partial charge in [-0.05, 0) is 56.4 Å². The highest BCUT2D eigenvalue weighted by Crippen LogP contribution is 2.21. The largest absolute Gasteiger partial charge is 0.494 e. The first-order valence-corrected chi connectivity index (χ1v) is 9.11. The predicted octanol–water partition coefficient (Wildman–Crippen LogP) is 5.14. The number of anilines is 1. The zero-order valence-corrected chi connectivity index (χ0v) is 14.7. The van der Waals surface area contributed by atoms with Crippen molar-refractivity contribution in [2.45, 2.75) is 32.6 Å². The lowest BCUT2D eigenvalue weighted by molar-refractivity contribution is 0.310. The van der Waals surface area contributed by atoms with Crippen LogP contribution in [0.25, 0.3) is 0 Å². The normalized spacial score (nSPS) is 10.5. The maximum absolute atomic E-state index is 5.73. The number of unbranched alkanes of at least 4 members (excludes halogenated alkanes) is 2. The van der Waals surface area contributed by atoms with Crippen molar-refractivity contribution in [2.24, 2.45) is 0 Å². The molecule has 0 aliphatic rings. The second kappa shape index (κ2) is 10.6. The summed E-state index contributed by atoms with van der Waals surface area (Å²) in [4.78, 5) is 0. The first-order valence-electron chi connectivity index (χ1n) is 6.87. The van der Waals surface area contributed by atoms with Crippen LogP contribution in [0.4, 0.5) is 5.69 Å². The average molecular weight is 393 g/mol. The Morgan fingerprint density at radius 2 is 1.79 bits per heavy atom. The lowest BCUT2D eigenvalue weighted by Gasteiger charge is -2.12. The smallest absolute Gasteiger partial charge is 0.119 e. The Morgan fingerprint density at radius 1 is 1.05 bits per heavy atom. The van der Waals surface area contributed by atoms with Crippen LogP contribution in [-0.4, -0.2) is 23.8 Å². The zero-order chi connectivity index (χ0) is 13.9. The van der Waals surface area contributed by atoms with Crippen molar-refractivity contribution in [3.63, 3.8) is 0 Å². The van der Waals surface area contributed by atoms with E-state index in [9.17, 15) is 0 Å². The van der Waals surface area contributed by atoms with Gasteiger partial charge in [-0.25, -0.2) is 0 Å². The fraction of sp³-hybridized carbons (Fsp3) is 0.600. The summed E-state index contributed by atoms with van der Waals surface area (Å²) in [7, 11) is 0. The molecule has 1 rings (SSSR count). The number of ether oxygens (including phenoxy) is 1. The molecule has 0 radical (unpaired) electrons. The minimum atomic E-state index is 0.795. The Bertz CT molecular complexity index is 358. The van der Waals surface area contributed by atoms with E-state index in [1.807, 2.05) is 6.07 Å². The highest BCUT2D eigenvalue weighted by atomic mass is 79.9. The standard InChI is InChI=1S/C15H23Br2NO/c1-13-12-14(19-11-5-3-9-17)6-7-15(13)18-10-4-2-8-16/h6-7,12,18H,2-5,8-11H2,1H3. The lowest BCUT2D eigenvalue weighted by atomic mass is 10.2. The molecule has 0 heterocycles. The Morgan fingerprint density at radius 3 is 2.47 bits per heavy atom. The molecule has 0 amide bonds. The highest BCUT2D eigenvalue weighted by molar-refractivity contribution is 9.09.